The third-order valence-electron chi connectivity index (χ3n) is 3.94. The summed E-state index contributed by atoms with van der Waals surface area (Å²) >= 11 is 0. The predicted octanol–water partition coefficient (Wildman–Crippen LogP) is 1.47. The van der Waals surface area contributed by atoms with E-state index in [0.717, 1.165) is 0 Å². The van der Waals surface area contributed by atoms with Crippen molar-refractivity contribution in [2.24, 2.45) is 0 Å². The van der Waals surface area contributed by atoms with Crippen LogP contribution >= 0.6 is 0 Å². The van der Waals surface area contributed by atoms with Crippen LogP contribution < -0.4 is 24.0 Å². The summed E-state index contributed by atoms with van der Waals surface area (Å²) in [5.41, 5.74) is 0. The van der Waals surface area contributed by atoms with Crippen LogP contribution in [0, 0.1) is 0 Å². The van der Waals surface area contributed by atoms with Crippen LogP contribution in [-0.4, -0.2) is 30.7 Å². The summed E-state index contributed by atoms with van der Waals surface area (Å²) in [6.45, 7) is 15.0. The van der Waals surface area contributed by atoms with Gasteiger partial charge in [0, 0.05) is 0 Å². The van der Waals surface area contributed by atoms with Gasteiger partial charge in [0.2, 0.25) is 24.0 Å². The highest BCUT2D eigenvalue weighted by Gasteiger charge is 2.24. The lowest BCUT2D eigenvalue weighted by atomic mass is 10.1. The first-order valence-corrected chi connectivity index (χ1v) is 8.09. The average Bonchev–Trinajstić information content (AvgIpc) is 2.37. The van der Waals surface area contributed by atoms with Gasteiger partial charge in [0.25, 0.3) is 0 Å². The summed E-state index contributed by atoms with van der Waals surface area (Å²) in [6, 6.07) is 0. The predicted molar refractivity (Wildman–Crippen MR) is 82.2 cm³/mol. The molecule has 0 saturated carbocycles. The molecule has 0 aromatic rings. The minimum Gasteiger partial charge on any atom is -0.324 e. The number of hydrogen-bond acceptors (Lipinski definition) is 0. The second kappa shape index (κ2) is 14.1. The summed E-state index contributed by atoms with van der Waals surface area (Å²) in [5.74, 6) is 0. The van der Waals surface area contributed by atoms with Gasteiger partial charge < -0.3 is 4.48 Å². The van der Waals surface area contributed by atoms with Crippen LogP contribution in [0.5, 0.6) is 0 Å². The van der Waals surface area contributed by atoms with Crippen molar-refractivity contribution >= 4 is 0 Å². The Hall–Kier alpha value is 0.690. The molecular weight excluding hydrogens is 333 g/mol. The van der Waals surface area contributed by atoms with Crippen molar-refractivity contribution in [1.29, 1.82) is 0 Å². The molecule has 0 fully saturated rings. The first kappa shape index (κ1) is 21.0. The summed E-state index contributed by atoms with van der Waals surface area (Å²) < 4.78 is 1.42. The van der Waals surface area contributed by atoms with Crippen LogP contribution in [0.4, 0.5) is 0 Å². The van der Waals surface area contributed by atoms with E-state index in [9.17, 15) is 0 Å². The Morgan fingerprint density at radius 3 is 0.889 bits per heavy atom. The van der Waals surface area contributed by atoms with Gasteiger partial charge in [-0.05, 0) is 25.7 Å². The lowest BCUT2D eigenvalue weighted by Crippen LogP contribution is -3.00. The SMILES string of the molecule is CCCC[N+](CCCC)(CCCC)CCCC.[IH2+]. The van der Waals surface area contributed by atoms with Crippen molar-refractivity contribution in [3.05, 3.63) is 0 Å². The van der Waals surface area contributed by atoms with E-state index in [0.29, 0.717) is 0 Å². The maximum atomic E-state index is 2.33. The lowest BCUT2D eigenvalue weighted by molar-refractivity contribution is -0.929. The minimum absolute atomic E-state index is 0. The molecule has 1 nitrogen and oxygen atoms in total. The van der Waals surface area contributed by atoms with Gasteiger partial charge in [0.05, 0.1) is 26.2 Å². The zero-order valence-electron chi connectivity index (χ0n) is 13.4. The van der Waals surface area contributed by atoms with E-state index in [1.807, 2.05) is 0 Å². The largest absolute Gasteiger partial charge is 0.324 e. The molecule has 0 aromatic carbocycles. The Kier molecular flexibility index (Phi) is 16.5. The number of halogens is 1. The molecule has 0 saturated heterocycles. The summed E-state index contributed by atoms with van der Waals surface area (Å²) in [7, 11) is 0. The van der Waals surface area contributed by atoms with Crippen molar-refractivity contribution in [2.45, 2.75) is 79.1 Å². The van der Waals surface area contributed by atoms with Gasteiger partial charge in [-0.3, -0.25) is 0 Å². The Balaban J connectivity index is 0. The fourth-order valence-electron chi connectivity index (χ4n) is 2.64. The standard InChI is InChI=1S/C16H36N.H2I/c1-5-9-13-17(14-10-6-2,15-11-7-3)16-12-8-4;/h5-16H2,1-4H3;1H2/q2*+1. The van der Waals surface area contributed by atoms with E-state index in [1.165, 1.54) is 82.0 Å². The van der Waals surface area contributed by atoms with Gasteiger partial charge >= 0.3 is 0 Å². The summed E-state index contributed by atoms with van der Waals surface area (Å²) in [6.07, 6.45) is 11.1. The van der Waals surface area contributed by atoms with Crippen LogP contribution in [0.1, 0.15) is 79.1 Å². The van der Waals surface area contributed by atoms with Crippen LogP contribution in [0.3, 0.4) is 0 Å². The monoisotopic (exact) mass is 371 g/mol. The zero-order chi connectivity index (χ0) is 13.0. The Morgan fingerprint density at radius 2 is 0.722 bits per heavy atom. The maximum Gasteiger partial charge on any atom is 0.235 e. The molecule has 0 atom stereocenters. The highest BCUT2D eigenvalue weighted by atomic mass is 127. The van der Waals surface area contributed by atoms with Crippen LogP contribution in [-0.2, 0) is 0 Å². The smallest absolute Gasteiger partial charge is 0.235 e. The highest BCUT2D eigenvalue weighted by molar-refractivity contribution is 4.49. The molecule has 0 N–H and O–H groups in total. The molecule has 0 spiro atoms. The van der Waals surface area contributed by atoms with Gasteiger partial charge in [-0.1, -0.05) is 53.4 Å². The lowest BCUT2D eigenvalue weighted by Gasteiger charge is -2.39. The van der Waals surface area contributed by atoms with Crippen molar-refractivity contribution in [3.63, 3.8) is 0 Å². The van der Waals surface area contributed by atoms with Crippen molar-refractivity contribution in [3.8, 4) is 0 Å². The number of quaternary nitrogens is 1. The first-order chi connectivity index (χ1) is 8.24. The van der Waals surface area contributed by atoms with Crippen molar-refractivity contribution in [2.75, 3.05) is 26.2 Å². The van der Waals surface area contributed by atoms with E-state index in [1.54, 1.807) is 0 Å². The second-order valence-electron chi connectivity index (χ2n) is 5.65. The van der Waals surface area contributed by atoms with Crippen LogP contribution in [0.15, 0.2) is 0 Å². The molecule has 0 rings (SSSR count). The summed E-state index contributed by atoms with van der Waals surface area (Å²) in [5, 5.41) is 0. The van der Waals surface area contributed by atoms with Gasteiger partial charge in [0.15, 0.2) is 0 Å². The number of unbranched alkanes of at least 4 members (excludes halogenated alkanes) is 4. The molecule has 0 amide bonds. The van der Waals surface area contributed by atoms with Gasteiger partial charge in [-0.15, -0.1) is 0 Å². The molecule has 0 aliphatic rings. The molecule has 0 heterocycles. The normalized spacial score (nSPS) is 11.3. The molecule has 0 radical (unpaired) electrons. The molecule has 0 bridgehead atoms. The fourth-order valence-corrected chi connectivity index (χ4v) is 2.64. The molecule has 2 heteroatoms. The second-order valence-corrected chi connectivity index (χ2v) is 5.65. The minimum atomic E-state index is 0. The average molecular weight is 371 g/mol. The Labute approximate surface area is 133 Å². The first-order valence-electron chi connectivity index (χ1n) is 8.09. The Bertz CT molecular complexity index is 122. The van der Waals surface area contributed by atoms with E-state index >= 15 is 0 Å². The van der Waals surface area contributed by atoms with Crippen molar-refractivity contribution in [1.82, 2.24) is 0 Å². The number of rotatable bonds is 12. The Morgan fingerprint density at radius 1 is 0.500 bits per heavy atom. The van der Waals surface area contributed by atoms with Crippen LogP contribution in [0.25, 0.3) is 0 Å². The third kappa shape index (κ3) is 9.60. The van der Waals surface area contributed by atoms with E-state index in [4.69, 9.17) is 0 Å². The number of nitrogens with zero attached hydrogens (tertiary/aromatic N) is 1. The molecule has 0 unspecified atom stereocenters. The van der Waals surface area contributed by atoms with E-state index in [-0.39, 0.29) is 24.0 Å². The van der Waals surface area contributed by atoms with Gasteiger partial charge in [0.1, 0.15) is 0 Å². The van der Waals surface area contributed by atoms with Gasteiger partial charge in [-0.25, -0.2) is 0 Å². The molecular formula is C16H38IN+2. The van der Waals surface area contributed by atoms with E-state index in [2.05, 4.69) is 27.7 Å². The molecule has 0 aliphatic carbocycles. The quantitative estimate of drug-likeness (QED) is 0.360. The third-order valence-corrected chi connectivity index (χ3v) is 3.94. The molecule has 0 aliphatic heterocycles. The van der Waals surface area contributed by atoms with Crippen molar-refractivity contribution < 1.29 is 28.5 Å². The maximum absolute atomic E-state index is 2.33. The topological polar surface area (TPSA) is 0 Å². The molecule has 112 valence electrons. The number of hydrogen-bond donors (Lipinski definition) is 0. The van der Waals surface area contributed by atoms with E-state index < -0.39 is 0 Å². The highest BCUT2D eigenvalue weighted by Crippen LogP contribution is 2.16. The van der Waals surface area contributed by atoms with Crippen LogP contribution in [0.2, 0.25) is 0 Å². The fraction of sp³-hybridized carbons (Fsp3) is 1.00. The zero-order valence-corrected chi connectivity index (χ0v) is 15.9. The molecule has 0 aromatic heterocycles. The molecule has 18 heavy (non-hydrogen) atoms. The van der Waals surface area contributed by atoms with Gasteiger partial charge in [-0.2, -0.15) is 0 Å². The summed E-state index contributed by atoms with van der Waals surface area (Å²) in [4.78, 5) is 0.